The zero-order chi connectivity index (χ0) is 28.7. The lowest BCUT2D eigenvalue weighted by molar-refractivity contribution is -0.142. The van der Waals surface area contributed by atoms with Gasteiger partial charge in [0.15, 0.2) is 0 Å². The summed E-state index contributed by atoms with van der Waals surface area (Å²) in [6.45, 7) is 4.25. The molecule has 0 saturated heterocycles. The van der Waals surface area contributed by atoms with Gasteiger partial charge in [0.05, 0.1) is 12.8 Å². The van der Waals surface area contributed by atoms with Gasteiger partial charge < -0.3 is 20.1 Å². The molecular weight excluding hydrogens is 500 g/mol. The Morgan fingerprint density at radius 2 is 1.30 bits per heavy atom. The Labute approximate surface area is 243 Å². The summed E-state index contributed by atoms with van der Waals surface area (Å²) in [6, 6.07) is 5.49. The Morgan fingerprint density at radius 3 is 1.85 bits per heavy atom. The van der Waals surface area contributed by atoms with Crippen molar-refractivity contribution in [3.05, 3.63) is 30.0 Å². The third-order valence-corrected chi connectivity index (χ3v) is 7.79. The molecule has 40 heavy (non-hydrogen) atoms. The highest BCUT2D eigenvalue weighted by molar-refractivity contribution is 5.86. The molecule has 3 N–H and O–H groups in total. The van der Waals surface area contributed by atoms with Crippen molar-refractivity contribution in [3.63, 3.8) is 0 Å². The molecule has 0 bridgehead atoms. The lowest BCUT2D eigenvalue weighted by Crippen LogP contribution is -2.18. The van der Waals surface area contributed by atoms with Gasteiger partial charge in [-0.15, -0.1) is 0 Å². The van der Waals surface area contributed by atoms with Gasteiger partial charge in [-0.2, -0.15) is 0 Å². The number of aromatic nitrogens is 1. The van der Waals surface area contributed by atoms with Crippen molar-refractivity contribution in [1.82, 2.24) is 10.3 Å². The second kappa shape index (κ2) is 22.4. The zero-order valence-electron chi connectivity index (χ0n) is 25.2. The third-order valence-electron chi connectivity index (χ3n) is 7.79. The van der Waals surface area contributed by atoms with Crippen molar-refractivity contribution >= 4 is 22.8 Å². The van der Waals surface area contributed by atoms with Crippen LogP contribution in [0.25, 0.3) is 10.9 Å². The molecular formula is C34H56N2O4. The van der Waals surface area contributed by atoms with E-state index in [4.69, 9.17) is 9.84 Å². The number of benzene rings is 1. The fraction of sp³-hybridized carbons (Fsp3) is 0.706. The number of ether oxygens (including phenoxy) is 1. The van der Waals surface area contributed by atoms with Crippen LogP contribution in [0.3, 0.4) is 0 Å². The molecule has 0 unspecified atom stereocenters. The van der Waals surface area contributed by atoms with Crippen molar-refractivity contribution in [3.8, 4) is 5.75 Å². The number of aliphatic carboxylic acids is 1. The van der Waals surface area contributed by atoms with Crippen molar-refractivity contribution in [2.45, 2.75) is 142 Å². The van der Waals surface area contributed by atoms with E-state index in [0.29, 0.717) is 5.75 Å². The molecule has 1 aromatic carbocycles. The van der Waals surface area contributed by atoms with Crippen LogP contribution in [0.5, 0.6) is 5.75 Å². The first-order valence-corrected chi connectivity index (χ1v) is 16.3. The van der Waals surface area contributed by atoms with E-state index < -0.39 is 11.9 Å². The van der Waals surface area contributed by atoms with E-state index in [0.717, 1.165) is 30.4 Å². The van der Waals surface area contributed by atoms with Crippen LogP contribution in [0, 0.1) is 0 Å². The van der Waals surface area contributed by atoms with E-state index in [-0.39, 0.29) is 12.8 Å². The van der Waals surface area contributed by atoms with Crippen LogP contribution in [-0.4, -0.2) is 35.1 Å². The molecule has 2 rings (SSSR count). The number of unbranched alkanes of at least 4 members (excludes halogenated alkanes) is 17. The zero-order valence-corrected chi connectivity index (χ0v) is 25.2. The summed E-state index contributed by atoms with van der Waals surface area (Å²) in [5.74, 6) is -1.07. The number of esters is 1. The molecule has 0 saturated carbocycles. The number of carbonyl (C=O) groups excluding carboxylic acids is 1. The maximum absolute atomic E-state index is 11.8. The normalized spacial score (nSPS) is 11.3. The third kappa shape index (κ3) is 16.1. The van der Waals surface area contributed by atoms with Crippen LogP contribution >= 0.6 is 0 Å². The van der Waals surface area contributed by atoms with Gasteiger partial charge in [-0.3, -0.25) is 9.59 Å². The Balaban J connectivity index is 1.40. The Bertz CT molecular complexity index is 939. The standard InChI is InChI=1S/C34H56N2O4/c1-2-3-4-5-6-7-8-9-10-11-12-13-14-15-16-17-18-19-25-35-26-24-29-28-36-32-21-20-30(27-31(29)32)40-34(39)23-22-33(37)38/h20-21,27-28,35-36H,2-19,22-26H2,1H3,(H,37,38). The highest BCUT2D eigenvalue weighted by Gasteiger charge is 2.10. The summed E-state index contributed by atoms with van der Waals surface area (Å²) in [6.07, 6.45) is 27.7. The topological polar surface area (TPSA) is 91.4 Å². The lowest BCUT2D eigenvalue weighted by Gasteiger charge is -2.06. The molecule has 0 atom stereocenters. The maximum atomic E-state index is 11.8. The van der Waals surface area contributed by atoms with Gasteiger partial charge in [-0.1, -0.05) is 116 Å². The SMILES string of the molecule is CCCCCCCCCCCCCCCCCCCCNCCc1c[nH]c2ccc(OC(=O)CCC(=O)O)cc12. The maximum Gasteiger partial charge on any atom is 0.311 e. The molecule has 6 heteroatoms. The summed E-state index contributed by atoms with van der Waals surface area (Å²) in [5.41, 5.74) is 2.19. The van der Waals surface area contributed by atoms with Crippen molar-refractivity contribution in [1.29, 1.82) is 0 Å². The van der Waals surface area contributed by atoms with Crippen molar-refractivity contribution < 1.29 is 19.4 Å². The minimum absolute atomic E-state index is 0.128. The number of rotatable bonds is 26. The Morgan fingerprint density at radius 1 is 0.750 bits per heavy atom. The highest BCUT2D eigenvalue weighted by Crippen LogP contribution is 2.24. The molecule has 0 fully saturated rings. The lowest BCUT2D eigenvalue weighted by atomic mass is 10.0. The van der Waals surface area contributed by atoms with Gasteiger partial charge in [0.2, 0.25) is 0 Å². The Hall–Kier alpha value is -2.34. The molecule has 0 aliphatic carbocycles. The molecule has 0 radical (unpaired) electrons. The van der Waals surface area contributed by atoms with Crippen molar-refractivity contribution in [2.75, 3.05) is 13.1 Å². The fourth-order valence-corrected chi connectivity index (χ4v) is 5.32. The number of aromatic amines is 1. The molecule has 0 aliphatic heterocycles. The van der Waals surface area contributed by atoms with Crippen LogP contribution < -0.4 is 10.1 Å². The molecule has 0 aliphatic rings. The first kappa shape index (κ1) is 33.9. The number of carboxylic acids is 1. The molecule has 2 aromatic rings. The van der Waals surface area contributed by atoms with E-state index in [1.54, 1.807) is 6.07 Å². The summed E-state index contributed by atoms with van der Waals surface area (Å²) in [4.78, 5) is 25.8. The average molecular weight is 557 g/mol. The first-order valence-electron chi connectivity index (χ1n) is 16.3. The summed E-state index contributed by atoms with van der Waals surface area (Å²) < 4.78 is 5.32. The quantitative estimate of drug-likeness (QED) is 0.0610. The molecule has 0 amide bonds. The van der Waals surface area contributed by atoms with E-state index in [1.807, 2.05) is 18.3 Å². The summed E-state index contributed by atoms with van der Waals surface area (Å²) >= 11 is 0. The number of nitrogens with one attached hydrogen (secondary N) is 2. The molecule has 226 valence electrons. The monoisotopic (exact) mass is 556 g/mol. The van der Waals surface area contributed by atoms with E-state index in [9.17, 15) is 9.59 Å². The highest BCUT2D eigenvalue weighted by atomic mass is 16.5. The predicted molar refractivity (Wildman–Crippen MR) is 166 cm³/mol. The largest absolute Gasteiger partial charge is 0.481 e. The van der Waals surface area contributed by atoms with Crippen LogP contribution in [0.4, 0.5) is 0 Å². The smallest absolute Gasteiger partial charge is 0.311 e. The number of hydrogen-bond donors (Lipinski definition) is 3. The van der Waals surface area contributed by atoms with Gasteiger partial charge in [0.25, 0.3) is 0 Å². The second-order valence-corrected chi connectivity index (χ2v) is 11.4. The predicted octanol–water partition coefficient (Wildman–Crippen LogP) is 9.11. The van der Waals surface area contributed by atoms with Gasteiger partial charge >= 0.3 is 11.9 Å². The molecule has 1 aromatic heterocycles. The molecule has 6 nitrogen and oxygen atoms in total. The van der Waals surface area contributed by atoms with Gasteiger partial charge in [-0.05, 0) is 49.7 Å². The fourth-order valence-electron chi connectivity index (χ4n) is 5.32. The number of carboxylic acid groups (broad SMARTS) is 1. The van der Waals surface area contributed by atoms with E-state index in [1.165, 1.54) is 121 Å². The summed E-state index contributed by atoms with van der Waals surface area (Å²) in [5, 5.41) is 13.3. The number of carbonyl (C=O) groups is 2. The van der Waals surface area contributed by atoms with Gasteiger partial charge in [0.1, 0.15) is 5.75 Å². The number of H-pyrrole nitrogens is 1. The average Bonchev–Trinajstić information content (AvgIpc) is 3.35. The number of hydrogen-bond acceptors (Lipinski definition) is 4. The molecule has 0 spiro atoms. The second-order valence-electron chi connectivity index (χ2n) is 11.4. The number of fused-ring (bicyclic) bond motifs is 1. The minimum Gasteiger partial charge on any atom is -0.481 e. The van der Waals surface area contributed by atoms with Crippen LogP contribution in [0.2, 0.25) is 0 Å². The van der Waals surface area contributed by atoms with Crippen LogP contribution in [0.15, 0.2) is 24.4 Å². The molecule has 1 heterocycles. The minimum atomic E-state index is -1.00. The van der Waals surface area contributed by atoms with Gasteiger partial charge in [0, 0.05) is 17.1 Å². The van der Waals surface area contributed by atoms with Crippen molar-refractivity contribution in [2.24, 2.45) is 0 Å². The van der Waals surface area contributed by atoms with E-state index in [2.05, 4.69) is 17.2 Å². The van der Waals surface area contributed by atoms with Gasteiger partial charge in [-0.25, -0.2) is 0 Å². The van der Waals surface area contributed by atoms with E-state index >= 15 is 0 Å². The first-order chi connectivity index (χ1) is 19.6. The van der Waals surface area contributed by atoms with Crippen LogP contribution in [0.1, 0.15) is 141 Å². The van der Waals surface area contributed by atoms with Crippen LogP contribution in [-0.2, 0) is 16.0 Å². The summed E-state index contributed by atoms with van der Waals surface area (Å²) in [7, 11) is 0. The Kier molecular flexibility index (Phi) is 18.9.